The Morgan fingerprint density at radius 3 is 2.53 bits per heavy atom. The second-order valence-corrected chi connectivity index (χ2v) is 8.28. The molecule has 0 bridgehead atoms. The van der Waals surface area contributed by atoms with Gasteiger partial charge < -0.3 is 20.4 Å². The van der Waals surface area contributed by atoms with Gasteiger partial charge in [0.05, 0.1) is 15.7 Å². The van der Waals surface area contributed by atoms with E-state index >= 15 is 0 Å². The van der Waals surface area contributed by atoms with Crippen LogP contribution in [-0.2, 0) is 4.79 Å². The molecule has 3 aromatic rings. The monoisotopic (exact) mass is 471 g/mol. The third-order valence-electron chi connectivity index (χ3n) is 5.20. The Morgan fingerprint density at radius 1 is 1.03 bits per heavy atom. The number of nitrogens with zero attached hydrogens (tertiary/aromatic N) is 5. The summed E-state index contributed by atoms with van der Waals surface area (Å²) in [5.74, 6) is 0.924. The smallest absolute Gasteiger partial charge is 0.231 e. The lowest BCUT2D eigenvalue weighted by atomic mass is 10.2. The van der Waals surface area contributed by atoms with E-state index in [0.29, 0.717) is 21.9 Å². The van der Waals surface area contributed by atoms with Crippen LogP contribution in [0.2, 0.25) is 10.0 Å². The third kappa shape index (κ3) is 5.03. The number of rotatable bonds is 5. The van der Waals surface area contributed by atoms with Gasteiger partial charge in [-0.25, -0.2) is 9.97 Å². The molecule has 0 atom stereocenters. The summed E-state index contributed by atoms with van der Waals surface area (Å²) < 4.78 is 0. The predicted molar refractivity (Wildman–Crippen MR) is 129 cm³/mol. The van der Waals surface area contributed by atoms with Gasteiger partial charge >= 0.3 is 0 Å². The van der Waals surface area contributed by atoms with Crippen LogP contribution in [0.1, 0.15) is 12.5 Å². The highest BCUT2D eigenvalue weighted by Crippen LogP contribution is 2.33. The topological polar surface area (TPSA) is 86.3 Å². The highest BCUT2D eigenvalue weighted by Gasteiger charge is 2.21. The Kier molecular flexibility index (Phi) is 6.62. The molecule has 2 N–H and O–H groups in total. The summed E-state index contributed by atoms with van der Waals surface area (Å²) in [6.45, 7) is 6.44. The van der Waals surface area contributed by atoms with Gasteiger partial charge in [-0.3, -0.25) is 4.79 Å². The van der Waals surface area contributed by atoms with Crippen LogP contribution in [0.3, 0.4) is 0 Å². The zero-order chi connectivity index (χ0) is 22.7. The summed E-state index contributed by atoms with van der Waals surface area (Å²) in [5, 5.41) is 7.14. The van der Waals surface area contributed by atoms with Gasteiger partial charge in [0.25, 0.3) is 0 Å². The fourth-order valence-corrected chi connectivity index (χ4v) is 3.95. The minimum Gasteiger partial charge on any atom is -0.367 e. The lowest BCUT2D eigenvalue weighted by Crippen LogP contribution is -2.47. The van der Waals surface area contributed by atoms with E-state index in [1.165, 1.54) is 13.3 Å². The molecule has 4 rings (SSSR count). The normalized spacial score (nSPS) is 13.8. The molecule has 2 aromatic carbocycles. The Hall–Kier alpha value is -3.10. The maximum atomic E-state index is 11.4. The molecule has 0 saturated carbocycles. The molecule has 10 heteroatoms. The quantitative estimate of drug-likeness (QED) is 0.565. The molecule has 1 fully saturated rings. The van der Waals surface area contributed by atoms with Crippen molar-refractivity contribution >= 4 is 58.1 Å². The molecular formula is C22H23Cl2N7O. The van der Waals surface area contributed by atoms with E-state index < -0.39 is 0 Å². The van der Waals surface area contributed by atoms with E-state index in [4.69, 9.17) is 23.2 Å². The number of carbonyl (C=O) groups excluding carboxylic acids is 1. The van der Waals surface area contributed by atoms with E-state index in [1.54, 1.807) is 6.07 Å². The fraction of sp³-hybridized carbons (Fsp3) is 0.273. The van der Waals surface area contributed by atoms with Crippen LogP contribution in [0.15, 0.2) is 42.7 Å². The average molecular weight is 472 g/mol. The van der Waals surface area contributed by atoms with Crippen LogP contribution in [0.5, 0.6) is 0 Å². The number of amides is 1. The number of aromatic nitrogens is 3. The van der Waals surface area contributed by atoms with Crippen molar-refractivity contribution < 1.29 is 4.79 Å². The molecule has 0 aliphatic carbocycles. The molecule has 32 heavy (non-hydrogen) atoms. The Bertz CT molecular complexity index is 1130. The first-order chi connectivity index (χ1) is 15.4. The molecule has 1 aliphatic heterocycles. The first-order valence-corrected chi connectivity index (χ1v) is 10.9. The summed E-state index contributed by atoms with van der Waals surface area (Å²) in [6, 6.07) is 11.4. The lowest BCUT2D eigenvalue weighted by Gasteiger charge is -2.36. The molecule has 0 radical (unpaired) electrons. The number of anilines is 5. The first-order valence-electron chi connectivity index (χ1n) is 10.2. The van der Waals surface area contributed by atoms with Crippen molar-refractivity contribution in [3.05, 3.63) is 58.3 Å². The van der Waals surface area contributed by atoms with E-state index in [1.807, 2.05) is 37.3 Å². The first kappa shape index (κ1) is 22.1. The molecule has 1 amide bonds. The Labute approximate surface area is 196 Å². The maximum absolute atomic E-state index is 11.4. The highest BCUT2D eigenvalue weighted by molar-refractivity contribution is 6.43. The van der Waals surface area contributed by atoms with Crippen molar-refractivity contribution in [3.63, 3.8) is 0 Å². The van der Waals surface area contributed by atoms with E-state index in [-0.39, 0.29) is 5.91 Å². The summed E-state index contributed by atoms with van der Waals surface area (Å²) in [4.78, 5) is 28.9. The number of hydrogen-bond donors (Lipinski definition) is 2. The number of hydrogen-bond acceptors (Lipinski definition) is 7. The average Bonchev–Trinajstić information content (AvgIpc) is 2.78. The van der Waals surface area contributed by atoms with Gasteiger partial charge in [0.2, 0.25) is 17.8 Å². The van der Waals surface area contributed by atoms with Gasteiger partial charge in [0.15, 0.2) is 0 Å². The van der Waals surface area contributed by atoms with Crippen molar-refractivity contribution in [1.29, 1.82) is 0 Å². The molecule has 166 valence electrons. The number of benzene rings is 2. The molecule has 0 unspecified atom stereocenters. The van der Waals surface area contributed by atoms with Crippen molar-refractivity contribution in [1.82, 2.24) is 15.0 Å². The van der Waals surface area contributed by atoms with Gasteiger partial charge in [-0.15, -0.1) is 0 Å². The van der Waals surface area contributed by atoms with Gasteiger partial charge in [-0.2, -0.15) is 4.98 Å². The summed E-state index contributed by atoms with van der Waals surface area (Å²) >= 11 is 12.5. The molecule has 2 heterocycles. The molecule has 8 nitrogen and oxygen atoms in total. The standard InChI is InChI=1S/C22H23Cl2N7O/c1-14-6-7-16(12-18(14)27-15(2)32)28-21-25-13-26-22(29-21)31-10-8-30(9-11-31)19-5-3-4-17(23)20(19)24/h3-7,12-13H,8-11H2,1-2H3,(H,27,32)(H,25,26,28,29). The van der Waals surface area contributed by atoms with Gasteiger partial charge in [0.1, 0.15) is 6.33 Å². The second kappa shape index (κ2) is 9.58. The fourth-order valence-electron chi connectivity index (χ4n) is 3.54. The summed E-state index contributed by atoms with van der Waals surface area (Å²) in [7, 11) is 0. The highest BCUT2D eigenvalue weighted by atomic mass is 35.5. The number of carbonyl (C=O) groups is 1. The maximum Gasteiger partial charge on any atom is 0.231 e. The summed E-state index contributed by atoms with van der Waals surface area (Å²) in [5.41, 5.74) is 3.43. The second-order valence-electron chi connectivity index (χ2n) is 7.49. The van der Waals surface area contributed by atoms with Crippen molar-refractivity contribution in [2.75, 3.05) is 46.6 Å². The van der Waals surface area contributed by atoms with Crippen LogP contribution >= 0.6 is 23.2 Å². The zero-order valence-electron chi connectivity index (χ0n) is 17.8. The van der Waals surface area contributed by atoms with Gasteiger partial charge in [0, 0.05) is 44.5 Å². The largest absolute Gasteiger partial charge is 0.367 e. The molecular weight excluding hydrogens is 449 g/mol. The number of piperazine rings is 1. The van der Waals surface area contributed by atoms with Crippen LogP contribution in [-0.4, -0.2) is 47.0 Å². The zero-order valence-corrected chi connectivity index (χ0v) is 19.3. The summed E-state index contributed by atoms with van der Waals surface area (Å²) in [6.07, 6.45) is 1.49. The Balaban J connectivity index is 1.44. The lowest BCUT2D eigenvalue weighted by molar-refractivity contribution is -0.114. The molecule has 1 aromatic heterocycles. The van der Waals surface area contributed by atoms with Crippen LogP contribution < -0.4 is 20.4 Å². The van der Waals surface area contributed by atoms with Crippen LogP contribution in [0, 0.1) is 6.92 Å². The van der Waals surface area contributed by atoms with Gasteiger partial charge in [-0.1, -0.05) is 35.3 Å². The number of halogens is 2. The number of nitrogens with one attached hydrogen (secondary N) is 2. The van der Waals surface area contributed by atoms with Crippen molar-refractivity contribution in [2.45, 2.75) is 13.8 Å². The minimum absolute atomic E-state index is 0.120. The van der Waals surface area contributed by atoms with Gasteiger partial charge in [-0.05, 0) is 36.8 Å². The molecule has 1 aliphatic rings. The number of aryl methyl sites for hydroxylation is 1. The van der Waals surface area contributed by atoms with E-state index in [2.05, 4.69) is 35.4 Å². The third-order valence-corrected chi connectivity index (χ3v) is 6.01. The van der Waals surface area contributed by atoms with Crippen molar-refractivity contribution in [2.24, 2.45) is 0 Å². The van der Waals surface area contributed by atoms with E-state index in [9.17, 15) is 4.79 Å². The van der Waals surface area contributed by atoms with E-state index in [0.717, 1.165) is 48.8 Å². The minimum atomic E-state index is -0.120. The molecule has 0 spiro atoms. The predicted octanol–water partition coefficient (Wildman–Crippen LogP) is 4.52. The SMILES string of the molecule is CC(=O)Nc1cc(Nc2ncnc(N3CCN(c4cccc(Cl)c4Cl)CC3)n2)ccc1C. The van der Waals surface area contributed by atoms with Crippen LogP contribution in [0.25, 0.3) is 0 Å². The Morgan fingerprint density at radius 2 is 1.78 bits per heavy atom. The van der Waals surface area contributed by atoms with Crippen molar-refractivity contribution in [3.8, 4) is 0 Å². The van der Waals surface area contributed by atoms with Crippen LogP contribution in [0.4, 0.5) is 29.0 Å². The molecule has 1 saturated heterocycles.